The van der Waals surface area contributed by atoms with Gasteiger partial charge in [0.15, 0.2) is 6.29 Å². The Morgan fingerprint density at radius 1 is 0.897 bits per heavy atom. The lowest BCUT2D eigenvalue weighted by atomic mass is 10.1. The number of aromatic nitrogens is 1. The number of carbonyl (C=O) groups is 1. The van der Waals surface area contributed by atoms with Gasteiger partial charge in [0.05, 0.1) is 4.88 Å². The first kappa shape index (κ1) is 20.6. The van der Waals surface area contributed by atoms with Crippen molar-refractivity contribution in [2.24, 2.45) is 0 Å². The van der Waals surface area contributed by atoms with Gasteiger partial charge in [0.1, 0.15) is 0 Å². The van der Waals surface area contributed by atoms with E-state index in [-0.39, 0.29) is 0 Å². The van der Waals surface area contributed by atoms with Gasteiger partial charge in [-0.25, -0.2) is 0 Å². The first-order valence-electron chi connectivity index (χ1n) is 10.5. The molecule has 2 nitrogen and oxygen atoms in total. The number of nitrogens with zero attached hydrogens (tertiary/aromatic N) is 1. The number of unbranched alkanes of at least 4 members (excludes halogenated alkanes) is 5. The van der Waals surface area contributed by atoms with Gasteiger partial charge in [0, 0.05) is 36.8 Å². The van der Waals surface area contributed by atoms with E-state index >= 15 is 0 Å². The molecular weight excluding hydrogens is 489 g/mol. The molecule has 4 aromatic rings. The number of rotatable bonds is 9. The van der Waals surface area contributed by atoms with Gasteiger partial charge in [-0.05, 0) is 77.0 Å². The monoisotopic (exact) mass is 515 g/mol. The predicted octanol–water partition coefficient (Wildman–Crippen LogP) is 8.30. The summed E-state index contributed by atoms with van der Waals surface area (Å²) in [4.78, 5) is 13.0. The van der Waals surface area contributed by atoms with Gasteiger partial charge >= 0.3 is 0 Å². The fourth-order valence-electron chi connectivity index (χ4n) is 4.09. The molecule has 2 aromatic heterocycles. The molecule has 29 heavy (non-hydrogen) atoms. The number of benzene rings is 2. The van der Waals surface area contributed by atoms with E-state index in [9.17, 15) is 4.79 Å². The first-order valence-corrected chi connectivity index (χ1v) is 12.4. The molecule has 0 fully saturated rings. The van der Waals surface area contributed by atoms with Crippen molar-refractivity contribution in [1.82, 2.24) is 4.57 Å². The third kappa shape index (κ3) is 4.43. The second-order valence-corrected chi connectivity index (χ2v) is 9.99. The maximum atomic E-state index is 11.1. The predicted molar refractivity (Wildman–Crippen MR) is 134 cm³/mol. The Kier molecular flexibility index (Phi) is 6.70. The molecule has 0 aliphatic rings. The number of hydrogen-bond donors (Lipinski definition) is 0. The Labute approximate surface area is 190 Å². The quantitative estimate of drug-likeness (QED) is 0.125. The van der Waals surface area contributed by atoms with Crippen LogP contribution >= 0.6 is 33.9 Å². The molecule has 0 saturated carbocycles. The molecule has 0 aliphatic carbocycles. The molecule has 0 spiro atoms. The highest BCUT2D eigenvalue weighted by molar-refractivity contribution is 14.1. The van der Waals surface area contributed by atoms with Crippen molar-refractivity contribution < 1.29 is 4.79 Å². The van der Waals surface area contributed by atoms with Crippen molar-refractivity contribution in [3.05, 3.63) is 57.0 Å². The Balaban J connectivity index is 1.69. The van der Waals surface area contributed by atoms with Crippen LogP contribution < -0.4 is 0 Å². The minimum Gasteiger partial charge on any atom is -0.340 e. The zero-order valence-corrected chi connectivity index (χ0v) is 19.8. The summed E-state index contributed by atoms with van der Waals surface area (Å²) < 4.78 is 3.76. The summed E-state index contributed by atoms with van der Waals surface area (Å²) in [7, 11) is 0. The fraction of sp³-hybridized carbons (Fsp3) is 0.320. The van der Waals surface area contributed by atoms with Crippen LogP contribution in [0.5, 0.6) is 0 Å². The van der Waals surface area contributed by atoms with Crippen molar-refractivity contribution in [1.29, 1.82) is 0 Å². The van der Waals surface area contributed by atoms with E-state index in [1.54, 1.807) is 11.3 Å². The van der Waals surface area contributed by atoms with E-state index in [2.05, 4.69) is 76.5 Å². The molecule has 0 N–H and O–H groups in total. The molecule has 0 atom stereocenters. The van der Waals surface area contributed by atoms with Crippen LogP contribution in [0.3, 0.4) is 0 Å². The van der Waals surface area contributed by atoms with Crippen molar-refractivity contribution in [2.75, 3.05) is 0 Å². The summed E-state index contributed by atoms with van der Waals surface area (Å²) in [5.41, 5.74) is 3.82. The average Bonchev–Trinajstić information content (AvgIpc) is 3.33. The Hall–Kier alpha value is -1.66. The molecule has 0 aliphatic heterocycles. The lowest BCUT2D eigenvalue weighted by molar-refractivity contribution is 0.112. The summed E-state index contributed by atoms with van der Waals surface area (Å²) in [5, 5.41) is 2.63. The lowest BCUT2D eigenvalue weighted by Gasteiger charge is -2.08. The van der Waals surface area contributed by atoms with Gasteiger partial charge in [-0.15, -0.1) is 11.3 Å². The fourth-order valence-corrected chi connectivity index (χ4v) is 5.40. The van der Waals surface area contributed by atoms with Crippen LogP contribution in [0.1, 0.15) is 55.1 Å². The molecule has 0 amide bonds. The summed E-state index contributed by atoms with van der Waals surface area (Å²) in [5.74, 6) is 0. The second-order valence-electron chi connectivity index (χ2n) is 7.63. The van der Waals surface area contributed by atoms with Crippen LogP contribution in [0, 0.1) is 3.57 Å². The molecule has 0 saturated heterocycles. The Bertz CT molecular complexity index is 1140. The van der Waals surface area contributed by atoms with E-state index < -0.39 is 0 Å². The lowest BCUT2D eigenvalue weighted by Crippen LogP contribution is -1.97. The minimum atomic E-state index is 0.778. The molecule has 2 aromatic carbocycles. The van der Waals surface area contributed by atoms with Crippen molar-refractivity contribution in [2.45, 2.75) is 52.0 Å². The van der Waals surface area contributed by atoms with E-state index in [0.717, 1.165) is 22.6 Å². The summed E-state index contributed by atoms with van der Waals surface area (Å²) in [6.45, 7) is 3.34. The molecular formula is C25H26INOS. The highest BCUT2D eigenvalue weighted by atomic mass is 127. The van der Waals surface area contributed by atoms with E-state index in [4.69, 9.17) is 0 Å². The van der Waals surface area contributed by atoms with Crippen LogP contribution in [-0.4, -0.2) is 10.9 Å². The van der Waals surface area contributed by atoms with Crippen LogP contribution in [0.2, 0.25) is 0 Å². The van der Waals surface area contributed by atoms with Crippen LogP contribution in [-0.2, 0) is 6.54 Å². The summed E-state index contributed by atoms with van der Waals surface area (Å²) in [6.07, 6.45) is 8.80. The van der Waals surface area contributed by atoms with E-state index in [1.165, 1.54) is 69.5 Å². The van der Waals surface area contributed by atoms with E-state index in [0.29, 0.717) is 0 Å². The second kappa shape index (κ2) is 9.43. The van der Waals surface area contributed by atoms with Crippen molar-refractivity contribution >= 4 is 62.0 Å². The van der Waals surface area contributed by atoms with Crippen molar-refractivity contribution in [3.63, 3.8) is 0 Å². The molecule has 0 radical (unpaired) electrons. The summed E-state index contributed by atoms with van der Waals surface area (Å²) in [6, 6.07) is 17.5. The van der Waals surface area contributed by atoms with Crippen LogP contribution in [0.15, 0.2) is 48.5 Å². The Morgan fingerprint density at radius 2 is 1.62 bits per heavy atom. The number of carbonyl (C=O) groups excluding carboxylic acids is 1. The number of aryl methyl sites for hydroxylation is 1. The minimum absolute atomic E-state index is 0.778. The molecule has 4 heteroatoms. The van der Waals surface area contributed by atoms with Gasteiger partial charge in [-0.1, -0.05) is 45.1 Å². The number of halogens is 1. The highest BCUT2D eigenvalue weighted by Crippen LogP contribution is 2.35. The van der Waals surface area contributed by atoms with Gasteiger partial charge in [0.2, 0.25) is 0 Å². The Morgan fingerprint density at radius 3 is 2.38 bits per heavy atom. The zero-order valence-electron chi connectivity index (χ0n) is 16.8. The van der Waals surface area contributed by atoms with Gasteiger partial charge in [-0.3, -0.25) is 4.79 Å². The normalized spacial score (nSPS) is 11.5. The van der Waals surface area contributed by atoms with E-state index in [1.807, 2.05) is 6.07 Å². The highest BCUT2D eigenvalue weighted by Gasteiger charge is 2.13. The average molecular weight is 515 g/mol. The topological polar surface area (TPSA) is 22.0 Å². The number of hydrogen-bond acceptors (Lipinski definition) is 2. The van der Waals surface area contributed by atoms with Gasteiger partial charge in [0.25, 0.3) is 0 Å². The third-order valence-electron chi connectivity index (χ3n) is 5.59. The molecule has 0 bridgehead atoms. The molecule has 2 heterocycles. The molecule has 0 unspecified atom stereocenters. The smallest absolute Gasteiger partial charge is 0.160 e. The number of aldehydes is 1. The van der Waals surface area contributed by atoms with Crippen LogP contribution in [0.4, 0.5) is 0 Å². The third-order valence-corrected chi connectivity index (χ3v) is 7.32. The zero-order chi connectivity index (χ0) is 20.2. The maximum absolute atomic E-state index is 11.1. The standard InChI is InChI=1S/C25H26INOS/c1-2-3-4-5-6-7-14-27-23-11-8-18(25-13-10-20(17-28)29-25)15-21(23)22-16-19(26)9-12-24(22)27/h8-13,15-17H,2-7,14H2,1H3. The van der Waals surface area contributed by atoms with Gasteiger partial charge in [-0.2, -0.15) is 0 Å². The largest absolute Gasteiger partial charge is 0.340 e. The maximum Gasteiger partial charge on any atom is 0.160 e. The summed E-state index contributed by atoms with van der Waals surface area (Å²) >= 11 is 3.96. The first-order chi connectivity index (χ1) is 14.2. The molecule has 150 valence electrons. The SMILES string of the molecule is CCCCCCCCn1c2ccc(I)cc2c2cc(-c3ccc(C=O)s3)ccc21. The number of thiophene rings is 1. The van der Waals surface area contributed by atoms with Crippen LogP contribution in [0.25, 0.3) is 32.2 Å². The molecule has 4 rings (SSSR count). The number of fused-ring (bicyclic) bond motifs is 3. The van der Waals surface area contributed by atoms with Crippen molar-refractivity contribution in [3.8, 4) is 10.4 Å². The van der Waals surface area contributed by atoms with Gasteiger partial charge < -0.3 is 4.57 Å².